The first-order chi connectivity index (χ1) is 9.79. The molecule has 1 N–H and O–H groups in total. The van der Waals surface area contributed by atoms with Gasteiger partial charge in [0.15, 0.2) is 5.65 Å². The molecule has 0 bridgehead atoms. The zero-order chi connectivity index (χ0) is 13.9. The first-order valence-corrected chi connectivity index (χ1v) is 7.41. The van der Waals surface area contributed by atoms with Crippen molar-refractivity contribution in [2.75, 3.05) is 20.2 Å². The number of piperidine rings is 1. The van der Waals surface area contributed by atoms with Crippen LogP contribution < -0.4 is 0 Å². The van der Waals surface area contributed by atoms with Crippen molar-refractivity contribution in [1.29, 1.82) is 0 Å². The maximum atomic E-state index is 9.24. The van der Waals surface area contributed by atoms with Gasteiger partial charge in [0, 0.05) is 25.2 Å². The Labute approximate surface area is 119 Å². The lowest BCUT2D eigenvalue weighted by molar-refractivity contribution is 0.167. The minimum atomic E-state index is 0.129. The Balaban J connectivity index is 1.93. The fraction of sp³-hybridized carbons (Fsp3) is 0.600. The quantitative estimate of drug-likeness (QED) is 0.917. The molecule has 20 heavy (non-hydrogen) atoms. The van der Waals surface area contributed by atoms with E-state index in [2.05, 4.69) is 26.5 Å². The molecule has 0 amide bonds. The number of aliphatic hydroxyl groups excluding tert-OH is 1. The van der Waals surface area contributed by atoms with E-state index in [1.165, 1.54) is 25.8 Å². The molecule has 0 radical (unpaired) electrons. The predicted octanol–water partition coefficient (Wildman–Crippen LogP) is 1.45. The summed E-state index contributed by atoms with van der Waals surface area (Å²) in [4.78, 5) is 11.5. The van der Waals surface area contributed by atoms with Gasteiger partial charge in [-0.2, -0.15) is 0 Å². The molecule has 0 aliphatic carbocycles. The van der Waals surface area contributed by atoms with Crippen molar-refractivity contribution < 1.29 is 5.11 Å². The second-order valence-corrected chi connectivity index (χ2v) is 5.59. The van der Waals surface area contributed by atoms with Crippen LogP contribution >= 0.6 is 0 Å². The minimum Gasteiger partial charge on any atom is -0.396 e. The van der Waals surface area contributed by atoms with E-state index in [0.717, 1.165) is 23.5 Å². The van der Waals surface area contributed by atoms with Crippen molar-refractivity contribution in [2.45, 2.75) is 38.3 Å². The smallest absolute Gasteiger partial charge is 0.160 e. The van der Waals surface area contributed by atoms with Gasteiger partial charge in [-0.15, -0.1) is 0 Å². The van der Waals surface area contributed by atoms with Crippen molar-refractivity contribution in [3.63, 3.8) is 0 Å². The van der Waals surface area contributed by atoms with Gasteiger partial charge in [0.05, 0.1) is 6.61 Å². The van der Waals surface area contributed by atoms with Gasteiger partial charge < -0.3 is 14.6 Å². The van der Waals surface area contributed by atoms with Crippen LogP contribution in [-0.4, -0.2) is 50.8 Å². The van der Waals surface area contributed by atoms with E-state index < -0.39 is 0 Å². The van der Waals surface area contributed by atoms with Crippen LogP contribution in [0, 0.1) is 0 Å². The molecule has 2 aromatic heterocycles. The molecular weight excluding hydrogens is 252 g/mol. The molecule has 1 aliphatic heterocycles. The zero-order valence-corrected chi connectivity index (χ0v) is 12.0. The first-order valence-electron chi connectivity index (χ1n) is 7.41. The molecule has 1 unspecified atom stereocenters. The fourth-order valence-electron chi connectivity index (χ4n) is 3.07. The maximum absolute atomic E-state index is 9.24. The number of fused-ring (bicyclic) bond motifs is 1. The minimum absolute atomic E-state index is 0.129. The van der Waals surface area contributed by atoms with Crippen LogP contribution in [0.5, 0.6) is 0 Å². The zero-order valence-electron chi connectivity index (χ0n) is 12.0. The highest BCUT2D eigenvalue weighted by molar-refractivity contribution is 5.71. The van der Waals surface area contributed by atoms with Crippen LogP contribution in [0.4, 0.5) is 0 Å². The number of nitrogens with zero attached hydrogens (tertiary/aromatic N) is 4. The van der Waals surface area contributed by atoms with Gasteiger partial charge in [-0.3, -0.25) is 0 Å². The molecule has 0 aromatic carbocycles. The molecule has 3 heterocycles. The Morgan fingerprint density at radius 2 is 2.30 bits per heavy atom. The van der Waals surface area contributed by atoms with Crippen LogP contribution in [0.3, 0.4) is 0 Å². The average Bonchev–Trinajstić information content (AvgIpc) is 2.80. The topological polar surface area (TPSA) is 54.2 Å². The molecule has 1 fully saturated rings. The summed E-state index contributed by atoms with van der Waals surface area (Å²) in [6, 6.07) is 4.44. The van der Waals surface area contributed by atoms with Gasteiger partial charge in [-0.25, -0.2) is 9.97 Å². The summed E-state index contributed by atoms with van der Waals surface area (Å²) in [6.07, 6.45) is 6.21. The molecule has 1 aliphatic rings. The van der Waals surface area contributed by atoms with Crippen LogP contribution in [0.2, 0.25) is 0 Å². The van der Waals surface area contributed by atoms with E-state index in [1.807, 2.05) is 18.3 Å². The molecule has 5 nitrogen and oxygen atoms in total. The number of aromatic nitrogens is 3. The number of rotatable bonds is 4. The Kier molecular flexibility index (Phi) is 3.98. The van der Waals surface area contributed by atoms with Gasteiger partial charge in [0.2, 0.25) is 0 Å². The highest BCUT2D eigenvalue weighted by Gasteiger charge is 2.22. The number of pyridine rings is 1. The van der Waals surface area contributed by atoms with Gasteiger partial charge >= 0.3 is 0 Å². The van der Waals surface area contributed by atoms with Crippen molar-refractivity contribution in [2.24, 2.45) is 0 Å². The fourth-order valence-corrected chi connectivity index (χ4v) is 3.07. The summed E-state index contributed by atoms with van der Waals surface area (Å²) in [5, 5.41) is 9.24. The SMILES string of the molecule is CN1CCCCC1Cn1c(CCO)nc2cccnc21. The van der Waals surface area contributed by atoms with Crippen molar-refractivity contribution in [3.8, 4) is 0 Å². The second-order valence-electron chi connectivity index (χ2n) is 5.59. The summed E-state index contributed by atoms with van der Waals surface area (Å²) in [7, 11) is 2.20. The second kappa shape index (κ2) is 5.89. The van der Waals surface area contributed by atoms with E-state index >= 15 is 0 Å². The number of likely N-dealkylation sites (N-methyl/N-ethyl adjacent to an activating group) is 1. The largest absolute Gasteiger partial charge is 0.396 e. The van der Waals surface area contributed by atoms with Gasteiger partial charge in [-0.05, 0) is 38.6 Å². The maximum Gasteiger partial charge on any atom is 0.160 e. The molecule has 1 atom stereocenters. The Bertz CT molecular complexity index is 580. The summed E-state index contributed by atoms with van der Waals surface area (Å²) in [6.45, 7) is 2.21. The summed E-state index contributed by atoms with van der Waals surface area (Å²) < 4.78 is 2.19. The number of hydrogen-bond donors (Lipinski definition) is 1. The van der Waals surface area contributed by atoms with Crippen LogP contribution in [-0.2, 0) is 13.0 Å². The molecule has 0 spiro atoms. The third-order valence-corrected chi connectivity index (χ3v) is 4.23. The highest BCUT2D eigenvalue weighted by atomic mass is 16.3. The number of aliphatic hydroxyl groups is 1. The van der Waals surface area contributed by atoms with Crippen molar-refractivity contribution >= 4 is 11.2 Å². The average molecular weight is 274 g/mol. The number of imidazole rings is 1. The number of hydrogen-bond acceptors (Lipinski definition) is 4. The van der Waals surface area contributed by atoms with Gasteiger partial charge in [0.25, 0.3) is 0 Å². The Morgan fingerprint density at radius 1 is 1.40 bits per heavy atom. The van der Waals surface area contributed by atoms with Crippen LogP contribution in [0.15, 0.2) is 18.3 Å². The number of likely N-dealkylation sites (tertiary alicyclic amines) is 1. The van der Waals surface area contributed by atoms with Crippen molar-refractivity contribution in [3.05, 3.63) is 24.2 Å². The lowest BCUT2D eigenvalue weighted by atomic mass is 10.0. The van der Waals surface area contributed by atoms with E-state index in [1.54, 1.807) is 0 Å². The van der Waals surface area contributed by atoms with E-state index in [0.29, 0.717) is 12.5 Å². The Hall–Kier alpha value is -1.46. The van der Waals surface area contributed by atoms with E-state index in [-0.39, 0.29) is 6.61 Å². The van der Waals surface area contributed by atoms with Crippen LogP contribution in [0.1, 0.15) is 25.1 Å². The van der Waals surface area contributed by atoms with Gasteiger partial charge in [0.1, 0.15) is 11.3 Å². The first kappa shape index (κ1) is 13.5. The van der Waals surface area contributed by atoms with Gasteiger partial charge in [-0.1, -0.05) is 6.42 Å². The summed E-state index contributed by atoms with van der Waals surface area (Å²) >= 11 is 0. The molecule has 108 valence electrons. The standard InChI is InChI=1S/C15H22N4O/c1-18-9-3-2-5-12(18)11-19-14(7-10-20)17-13-6-4-8-16-15(13)19/h4,6,8,12,20H,2-3,5,7,9-11H2,1H3. The van der Waals surface area contributed by atoms with Crippen LogP contribution in [0.25, 0.3) is 11.2 Å². The Morgan fingerprint density at radius 3 is 3.10 bits per heavy atom. The van der Waals surface area contributed by atoms with Crippen molar-refractivity contribution in [1.82, 2.24) is 19.4 Å². The predicted molar refractivity (Wildman–Crippen MR) is 78.6 cm³/mol. The molecule has 2 aromatic rings. The normalized spacial score (nSPS) is 20.6. The molecule has 3 rings (SSSR count). The monoisotopic (exact) mass is 274 g/mol. The molecular formula is C15H22N4O. The van der Waals surface area contributed by atoms with E-state index in [4.69, 9.17) is 0 Å². The third-order valence-electron chi connectivity index (χ3n) is 4.23. The lowest BCUT2D eigenvalue weighted by Gasteiger charge is -2.33. The van der Waals surface area contributed by atoms with E-state index in [9.17, 15) is 5.11 Å². The summed E-state index contributed by atoms with van der Waals surface area (Å²) in [5.74, 6) is 0.945. The molecule has 5 heteroatoms. The molecule has 0 saturated carbocycles. The summed E-state index contributed by atoms with van der Waals surface area (Å²) in [5.41, 5.74) is 1.87. The highest BCUT2D eigenvalue weighted by Crippen LogP contribution is 2.20. The lowest BCUT2D eigenvalue weighted by Crippen LogP contribution is -2.39. The molecule has 1 saturated heterocycles. The third kappa shape index (κ3) is 2.55.